The topological polar surface area (TPSA) is 24.4 Å². The molecule has 0 aromatic carbocycles. The van der Waals surface area contributed by atoms with Crippen LogP contribution in [0.4, 0.5) is 0 Å². The second-order valence-corrected chi connectivity index (χ2v) is 2.46. The molecule has 0 aliphatic carbocycles. The van der Waals surface area contributed by atoms with E-state index in [1.54, 1.807) is 6.08 Å². The van der Waals surface area contributed by atoms with E-state index >= 15 is 0 Å². The van der Waals surface area contributed by atoms with Crippen LogP contribution in [0.1, 0.15) is 6.92 Å². The summed E-state index contributed by atoms with van der Waals surface area (Å²) in [6, 6.07) is 0.333. The monoisotopic (exact) mass is 148 g/mol. The van der Waals surface area contributed by atoms with Gasteiger partial charge in [0.15, 0.2) is 0 Å². The van der Waals surface area contributed by atoms with Crippen molar-refractivity contribution in [2.75, 3.05) is 0 Å². The zero-order valence-electron chi connectivity index (χ0n) is 6.67. The molecule has 1 rings (SSSR count). The molecule has 1 atom stereocenters. The van der Waals surface area contributed by atoms with Gasteiger partial charge in [-0.25, -0.2) is 4.99 Å². The first-order valence-electron chi connectivity index (χ1n) is 3.56. The second kappa shape index (κ2) is 3.19. The van der Waals surface area contributed by atoms with E-state index in [4.69, 9.17) is 0 Å². The third kappa shape index (κ3) is 1.58. The summed E-state index contributed by atoms with van der Waals surface area (Å²) in [6.45, 7) is 9.19. The molecule has 0 amide bonds. The van der Waals surface area contributed by atoms with E-state index in [1.807, 2.05) is 6.08 Å². The van der Waals surface area contributed by atoms with E-state index in [-0.39, 0.29) is 0 Å². The molecule has 58 valence electrons. The van der Waals surface area contributed by atoms with Crippen LogP contribution < -0.4 is 5.32 Å². The van der Waals surface area contributed by atoms with Crippen molar-refractivity contribution in [2.24, 2.45) is 4.99 Å². The van der Waals surface area contributed by atoms with Gasteiger partial charge in [0.05, 0.1) is 0 Å². The number of rotatable bonds is 2. The van der Waals surface area contributed by atoms with Crippen LogP contribution in [0.25, 0.3) is 0 Å². The average Bonchev–Trinajstić information content (AvgIpc) is 2.04. The van der Waals surface area contributed by atoms with Crippen molar-refractivity contribution < 1.29 is 0 Å². The van der Waals surface area contributed by atoms with Gasteiger partial charge < -0.3 is 5.32 Å². The second-order valence-electron chi connectivity index (χ2n) is 2.46. The van der Waals surface area contributed by atoms with Crippen LogP contribution >= 0.6 is 0 Å². The maximum Gasteiger partial charge on any atom is 0.132 e. The number of hydrogen-bond donors (Lipinski definition) is 1. The molecule has 1 aliphatic rings. The highest BCUT2D eigenvalue weighted by atomic mass is 15.0. The van der Waals surface area contributed by atoms with Crippen LogP contribution in [-0.2, 0) is 0 Å². The van der Waals surface area contributed by atoms with E-state index in [1.165, 1.54) is 0 Å². The Kier molecular flexibility index (Phi) is 2.26. The van der Waals surface area contributed by atoms with Gasteiger partial charge in [-0.05, 0) is 13.6 Å². The average molecular weight is 148 g/mol. The predicted molar refractivity (Wildman–Crippen MR) is 48.5 cm³/mol. The molecule has 0 saturated heterocycles. The van der Waals surface area contributed by atoms with Gasteiger partial charge in [0.25, 0.3) is 0 Å². The number of nitrogens with one attached hydrogen (secondary N) is 1. The Morgan fingerprint density at radius 1 is 1.73 bits per heavy atom. The minimum absolute atomic E-state index is 0.333. The van der Waals surface area contributed by atoms with Crippen molar-refractivity contribution in [1.29, 1.82) is 0 Å². The smallest absolute Gasteiger partial charge is 0.132 e. The molecule has 0 aromatic heterocycles. The molecule has 2 heteroatoms. The van der Waals surface area contributed by atoms with E-state index in [9.17, 15) is 0 Å². The van der Waals surface area contributed by atoms with Crippen molar-refractivity contribution in [3.05, 3.63) is 36.2 Å². The van der Waals surface area contributed by atoms with Crippen molar-refractivity contribution in [3.8, 4) is 0 Å². The standard InChI is InChI=1S/C9H12N2/c1-4-8-6-5-7(2)11-9(8)10-3/h4-7,11H,1,3H2,2H3. The van der Waals surface area contributed by atoms with Gasteiger partial charge in [0.1, 0.15) is 5.82 Å². The fraction of sp³-hybridized carbons (Fsp3) is 0.222. The first-order chi connectivity index (χ1) is 5.27. The van der Waals surface area contributed by atoms with Gasteiger partial charge in [0.2, 0.25) is 0 Å². The SMILES string of the molecule is C=CC1=C(N=C)NC(C)C=C1. The molecule has 0 saturated carbocycles. The Morgan fingerprint density at radius 2 is 2.45 bits per heavy atom. The first kappa shape index (κ1) is 7.79. The molecule has 0 fully saturated rings. The van der Waals surface area contributed by atoms with Gasteiger partial charge in [-0.1, -0.05) is 24.8 Å². The maximum atomic E-state index is 3.85. The molecular weight excluding hydrogens is 136 g/mol. The largest absolute Gasteiger partial charge is 0.364 e. The van der Waals surface area contributed by atoms with Gasteiger partial charge in [0, 0.05) is 11.6 Å². The fourth-order valence-electron chi connectivity index (χ4n) is 0.976. The molecule has 1 N–H and O–H groups in total. The summed E-state index contributed by atoms with van der Waals surface area (Å²) in [5.74, 6) is 0.815. The minimum Gasteiger partial charge on any atom is -0.364 e. The lowest BCUT2D eigenvalue weighted by atomic mass is 10.1. The summed E-state index contributed by atoms with van der Waals surface area (Å²) in [5.41, 5.74) is 0.998. The Hall–Kier alpha value is -1.31. The summed E-state index contributed by atoms with van der Waals surface area (Å²) in [7, 11) is 0. The minimum atomic E-state index is 0.333. The van der Waals surface area contributed by atoms with E-state index in [2.05, 4.69) is 36.6 Å². The van der Waals surface area contributed by atoms with Gasteiger partial charge >= 0.3 is 0 Å². The van der Waals surface area contributed by atoms with Crippen LogP contribution in [-0.4, -0.2) is 12.8 Å². The van der Waals surface area contributed by atoms with Crippen molar-refractivity contribution in [1.82, 2.24) is 5.32 Å². The third-order valence-corrected chi connectivity index (χ3v) is 1.58. The summed E-state index contributed by atoms with van der Waals surface area (Å²) in [4.78, 5) is 3.85. The Balaban J connectivity index is 2.93. The highest BCUT2D eigenvalue weighted by Gasteiger charge is 2.06. The lowest BCUT2D eigenvalue weighted by Gasteiger charge is -2.17. The molecule has 0 radical (unpaired) electrons. The highest BCUT2D eigenvalue weighted by molar-refractivity contribution is 5.41. The number of nitrogens with zero attached hydrogens (tertiary/aromatic N) is 1. The van der Waals surface area contributed by atoms with Crippen molar-refractivity contribution in [3.63, 3.8) is 0 Å². The van der Waals surface area contributed by atoms with E-state index < -0.39 is 0 Å². The Morgan fingerprint density at radius 3 is 3.00 bits per heavy atom. The zero-order chi connectivity index (χ0) is 8.27. The van der Waals surface area contributed by atoms with E-state index in [0.717, 1.165) is 11.4 Å². The molecule has 1 unspecified atom stereocenters. The van der Waals surface area contributed by atoms with Crippen LogP contribution in [0.15, 0.2) is 41.2 Å². The van der Waals surface area contributed by atoms with Crippen LogP contribution in [0, 0.1) is 0 Å². The van der Waals surface area contributed by atoms with Crippen LogP contribution in [0.2, 0.25) is 0 Å². The molecule has 1 heterocycles. The summed E-state index contributed by atoms with van der Waals surface area (Å²) in [5, 5.41) is 3.16. The highest BCUT2D eigenvalue weighted by Crippen LogP contribution is 2.12. The lowest BCUT2D eigenvalue weighted by molar-refractivity contribution is 0.706. The zero-order valence-corrected chi connectivity index (χ0v) is 6.67. The summed E-state index contributed by atoms with van der Waals surface area (Å²) >= 11 is 0. The molecule has 1 aliphatic heterocycles. The van der Waals surface area contributed by atoms with Crippen LogP contribution in [0.3, 0.4) is 0 Å². The van der Waals surface area contributed by atoms with Gasteiger partial charge in [-0.15, -0.1) is 0 Å². The van der Waals surface area contributed by atoms with E-state index in [0.29, 0.717) is 6.04 Å². The normalized spacial score (nSPS) is 22.8. The van der Waals surface area contributed by atoms with Gasteiger partial charge in [-0.2, -0.15) is 0 Å². The first-order valence-corrected chi connectivity index (χ1v) is 3.56. The Bertz CT molecular complexity index is 236. The number of dihydropyridines is 1. The Labute approximate surface area is 67.0 Å². The van der Waals surface area contributed by atoms with Crippen molar-refractivity contribution in [2.45, 2.75) is 13.0 Å². The maximum absolute atomic E-state index is 3.85. The fourth-order valence-corrected chi connectivity index (χ4v) is 0.976. The molecule has 0 spiro atoms. The lowest BCUT2D eigenvalue weighted by Crippen LogP contribution is -2.25. The van der Waals surface area contributed by atoms with Crippen LogP contribution in [0.5, 0.6) is 0 Å². The number of allylic oxidation sites excluding steroid dienone is 3. The van der Waals surface area contributed by atoms with Gasteiger partial charge in [-0.3, -0.25) is 0 Å². The molecular formula is C9H12N2. The molecule has 0 aromatic rings. The van der Waals surface area contributed by atoms with Crippen molar-refractivity contribution >= 4 is 6.72 Å². The molecule has 11 heavy (non-hydrogen) atoms. The number of hydrogen-bond acceptors (Lipinski definition) is 2. The summed E-state index contributed by atoms with van der Waals surface area (Å²) in [6.07, 6.45) is 5.82. The quantitative estimate of drug-likeness (QED) is 0.591. The molecule has 2 nitrogen and oxygen atoms in total. The third-order valence-electron chi connectivity index (χ3n) is 1.58. The summed E-state index contributed by atoms with van der Waals surface area (Å²) < 4.78 is 0. The molecule has 0 bridgehead atoms. The predicted octanol–water partition coefficient (Wildman–Crippen LogP) is 1.63. The number of aliphatic imine (C=N–C) groups is 1.